The van der Waals surface area contributed by atoms with Crippen LogP contribution in [0.15, 0.2) is 18.2 Å². The van der Waals surface area contributed by atoms with E-state index in [0.29, 0.717) is 6.54 Å². The Morgan fingerprint density at radius 2 is 1.95 bits per heavy atom. The van der Waals surface area contributed by atoms with Gasteiger partial charge in [0.2, 0.25) is 5.91 Å². The number of carbonyl (C=O) groups is 2. The van der Waals surface area contributed by atoms with Gasteiger partial charge in [0.1, 0.15) is 17.1 Å². The van der Waals surface area contributed by atoms with Gasteiger partial charge in [0.25, 0.3) is 5.91 Å². The Morgan fingerprint density at radius 1 is 1.29 bits per heavy atom. The lowest BCUT2D eigenvalue weighted by Gasteiger charge is -2.26. The molecule has 21 heavy (non-hydrogen) atoms. The molecule has 0 aromatic heterocycles. The number of amides is 2. The van der Waals surface area contributed by atoms with Crippen LogP contribution >= 0.6 is 0 Å². The first-order chi connectivity index (χ1) is 9.99. The van der Waals surface area contributed by atoms with Gasteiger partial charge < -0.3 is 16.2 Å². The molecule has 4 N–H and O–H groups in total. The molecule has 2 amide bonds. The summed E-state index contributed by atoms with van der Waals surface area (Å²) in [6.07, 6.45) is 3.05. The van der Waals surface area contributed by atoms with E-state index in [1.165, 1.54) is 12.1 Å². The Balaban J connectivity index is 1.87. The smallest absolute Gasteiger partial charge is 0.258 e. The van der Waals surface area contributed by atoms with Gasteiger partial charge in [-0.15, -0.1) is 0 Å². The van der Waals surface area contributed by atoms with E-state index >= 15 is 0 Å². The van der Waals surface area contributed by atoms with E-state index in [2.05, 4.69) is 5.32 Å². The molecule has 2 rings (SSSR count). The number of hydrogen-bond donors (Lipinski definition) is 3. The number of nitrogens with one attached hydrogen (secondary N) is 1. The SMILES string of the molecule is NC(=O)C1CCC(CNC(=O)c2c(O)cccc2F)CC1. The van der Waals surface area contributed by atoms with E-state index in [4.69, 9.17) is 5.73 Å². The van der Waals surface area contributed by atoms with Gasteiger partial charge in [-0.25, -0.2) is 4.39 Å². The second-order valence-electron chi connectivity index (χ2n) is 5.46. The van der Waals surface area contributed by atoms with Crippen LogP contribution in [0.1, 0.15) is 36.0 Å². The molecule has 0 heterocycles. The van der Waals surface area contributed by atoms with E-state index < -0.39 is 11.7 Å². The van der Waals surface area contributed by atoms with Crippen molar-refractivity contribution >= 4 is 11.8 Å². The molecule has 0 aliphatic heterocycles. The lowest BCUT2D eigenvalue weighted by atomic mass is 9.81. The molecule has 0 radical (unpaired) electrons. The van der Waals surface area contributed by atoms with E-state index in [1.807, 2.05) is 0 Å². The van der Waals surface area contributed by atoms with Gasteiger partial charge in [-0.3, -0.25) is 9.59 Å². The predicted molar refractivity (Wildman–Crippen MR) is 75.0 cm³/mol. The van der Waals surface area contributed by atoms with Gasteiger partial charge in [0.15, 0.2) is 0 Å². The number of phenols is 1. The summed E-state index contributed by atoms with van der Waals surface area (Å²) in [6, 6.07) is 3.75. The van der Waals surface area contributed by atoms with Crippen LogP contribution in [-0.4, -0.2) is 23.5 Å². The van der Waals surface area contributed by atoms with Crippen molar-refractivity contribution in [3.63, 3.8) is 0 Å². The first-order valence-corrected chi connectivity index (χ1v) is 7.04. The topological polar surface area (TPSA) is 92.4 Å². The molecule has 6 heteroatoms. The summed E-state index contributed by atoms with van der Waals surface area (Å²) < 4.78 is 13.5. The standard InChI is InChI=1S/C15H19FN2O3/c16-11-2-1-3-12(19)13(11)15(21)18-8-9-4-6-10(7-5-9)14(17)20/h1-3,9-10,19H,4-8H2,(H2,17,20)(H,18,21). The Bertz CT molecular complexity index is 519. The minimum atomic E-state index is -0.745. The zero-order valence-corrected chi connectivity index (χ0v) is 11.6. The summed E-state index contributed by atoms with van der Waals surface area (Å²) in [5, 5.41) is 12.2. The molecule has 0 saturated heterocycles. The van der Waals surface area contributed by atoms with Crippen molar-refractivity contribution in [3.05, 3.63) is 29.6 Å². The summed E-state index contributed by atoms with van der Waals surface area (Å²) in [7, 11) is 0. The summed E-state index contributed by atoms with van der Waals surface area (Å²) in [4.78, 5) is 23.0. The van der Waals surface area contributed by atoms with Crippen LogP contribution in [-0.2, 0) is 4.79 Å². The van der Waals surface area contributed by atoms with Crippen molar-refractivity contribution in [1.82, 2.24) is 5.32 Å². The predicted octanol–water partition coefficient (Wildman–Crippen LogP) is 1.55. The van der Waals surface area contributed by atoms with E-state index in [9.17, 15) is 19.1 Å². The van der Waals surface area contributed by atoms with Crippen LogP contribution in [0.4, 0.5) is 4.39 Å². The Labute approximate surface area is 122 Å². The first kappa shape index (κ1) is 15.3. The highest BCUT2D eigenvalue weighted by molar-refractivity contribution is 5.97. The maximum atomic E-state index is 13.5. The average molecular weight is 294 g/mol. The Hall–Kier alpha value is -2.11. The van der Waals surface area contributed by atoms with Crippen LogP contribution in [0.3, 0.4) is 0 Å². The molecule has 5 nitrogen and oxygen atoms in total. The molecular formula is C15H19FN2O3. The maximum Gasteiger partial charge on any atom is 0.258 e. The van der Waals surface area contributed by atoms with Gasteiger partial charge in [-0.2, -0.15) is 0 Å². The fourth-order valence-corrected chi connectivity index (χ4v) is 2.71. The molecule has 1 aromatic carbocycles. The van der Waals surface area contributed by atoms with Crippen molar-refractivity contribution in [2.24, 2.45) is 17.6 Å². The molecule has 0 spiro atoms. The fourth-order valence-electron chi connectivity index (χ4n) is 2.71. The normalized spacial score (nSPS) is 21.8. The van der Waals surface area contributed by atoms with Gasteiger partial charge >= 0.3 is 0 Å². The minimum Gasteiger partial charge on any atom is -0.507 e. The van der Waals surface area contributed by atoms with Crippen molar-refractivity contribution < 1.29 is 19.1 Å². The second kappa shape index (κ2) is 6.56. The Morgan fingerprint density at radius 3 is 2.52 bits per heavy atom. The van der Waals surface area contributed by atoms with E-state index in [0.717, 1.165) is 31.7 Å². The number of rotatable bonds is 4. The molecule has 1 aromatic rings. The molecule has 1 saturated carbocycles. The quantitative estimate of drug-likeness (QED) is 0.786. The van der Waals surface area contributed by atoms with Crippen LogP contribution < -0.4 is 11.1 Å². The number of primary amides is 1. The van der Waals surface area contributed by atoms with Gasteiger partial charge in [-0.1, -0.05) is 6.07 Å². The zero-order chi connectivity index (χ0) is 15.4. The van der Waals surface area contributed by atoms with Crippen LogP contribution in [0.2, 0.25) is 0 Å². The van der Waals surface area contributed by atoms with Gasteiger partial charge in [0, 0.05) is 12.5 Å². The second-order valence-corrected chi connectivity index (χ2v) is 5.46. The van der Waals surface area contributed by atoms with Gasteiger partial charge in [-0.05, 0) is 43.7 Å². The monoisotopic (exact) mass is 294 g/mol. The molecular weight excluding hydrogens is 275 g/mol. The summed E-state index contributed by atoms with van der Waals surface area (Å²) in [6.45, 7) is 0.401. The van der Waals surface area contributed by atoms with E-state index in [-0.39, 0.29) is 29.1 Å². The molecule has 114 valence electrons. The largest absolute Gasteiger partial charge is 0.507 e. The Kier molecular flexibility index (Phi) is 4.77. The summed E-state index contributed by atoms with van der Waals surface area (Å²) in [5.74, 6) is -1.84. The average Bonchev–Trinajstić information content (AvgIpc) is 2.45. The van der Waals surface area contributed by atoms with Crippen LogP contribution in [0.25, 0.3) is 0 Å². The molecule has 1 aliphatic carbocycles. The highest BCUT2D eigenvalue weighted by Crippen LogP contribution is 2.28. The minimum absolute atomic E-state index is 0.0763. The number of hydrogen-bond acceptors (Lipinski definition) is 3. The lowest BCUT2D eigenvalue weighted by molar-refractivity contribution is -0.122. The van der Waals surface area contributed by atoms with E-state index in [1.54, 1.807) is 0 Å². The number of phenolic OH excluding ortho intramolecular Hbond substituents is 1. The zero-order valence-electron chi connectivity index (χ0n) is 11.6. The molecule has 0 bridgehead atoms. The lowest BCUT2D eigenvalue weighted by Crippen LogP contribution is -2.34. The number of benzene rings is 1. The summed E-state index contributed by atoms with van der Waals surface area (Å²) in [5.41, 5.74) is 4.94. The number of carbonyl (C=O) groups excluding carboxylic acids is 2. The number of halogens is 1. The maximum absolute atomic E-state index is 13.5. The van der Waals surface area contributed by atoms with Crippen LogP contribution in [0, 0.1) is 17.7 Å². The highest BCUT2D eigenvalue weighted by Gasteiger charge is 2.25. The molecule has 1 aliphatic rings. The highest BCUT2D eigenvalue weighted by atomic mass is 19.1. The van der Waals surface area contributed by atoms with Gasteiger partial charge in [0.05, 0.1) is 0 Å². The third-order valence-corrected chi connectivity index (χ3v) is 4.02. The molecule has 0 atom stereocenters. The number of nitrogens with two attached hydrogens (primary N) is 1. The molecule has 0 unspecified atom stereocenters. The first-order valence-electron chi connectivity index (χ1n) is 7.04. The van der Waals surface area contributed by atoms with Crippen molar-refractivity contribution in [2.75, 3.05) is 6.54 Å². The molecule has 1 fully saturated rings. The van der Waals surface area contributed by atoms with Crippen LogP contribution in [0.5, 0.6) is 5.75 Å². The third-order valence-electron chi connectivity index (χ3n) is 4.02. The summed E-state index contributed by atoms with van der Waals surface area (Å²) >= 11 is 0. The fraction of sp³-hybridized carbons (Fsp3) is 0.467. The third kappa shape index (κ3) is 3.71. The van der Waals surface area contributed by atoms with Crippen molar-refractivity contribution in [1.29, 1.82) is 0 Å². The van der Waals surface area contributed by atoms with Crippen molar-refractivity contribution in [3.8, 4) is 5.75 Å². The van der Waals surface area contributed by atoms with Crippen molar-refractivity contribution in [2.45, 2.75) is 25.7 Å². The number of aromatic hydroxyl groups is 1.